The zero-order valence-corrected chi connectivity index (χ0v) is 12.4. The predicted molar refractivity (Wildman–Crippen MR) is 78.0 cm³/mol. The van der Waals surface area contributed by atoms with E-state index in [9.17, 15) is 10.1 Å². The van der Waals surface area contributed by atoms with Crippen molar-refractivity contribution in [2.75, 3.05) is 5.32 Å². The lowest BCUT2D eigenvalue weighted by molar-refractivity contribution is -0.384. The first-order chi connectivity index (χ1) is 8.58. The van der Waals surface area contributed by atoms with Crippen molar-refractivity contribution in [1.29, 1.82) is 0 Å². The molecule has 0 radical (unpaired) electrons. The SMILES string of the molecule is CCCCC(CC)Nc1ccc([N+](=O)[O-])cc1Br. The summed E-state index contributed by atoms with van der Waals surface area (Å²) in [6.07, 6.45) is 4.54. The Kier molecular flexibility index (Phi) is 6.12. The smallest absolute Gasteiger partial charge is 0.270 e. The van der Waals surface area contributed by atoms with E-state index >= 15 is 0 Å². The molecule has 0 saturated carbocycles. The average molecular weight is 315 g/mol. The van der Waals surface area contributed by atoms with E-state index in [0.717, 1.165) is 23.0 Å². The molecule has 0 bridgehead atoms. The normalized spacial score (nSPS) is 12.2. The van der Waals surface area contributed by atoms with Crippen molar-refractivity contribution in [3.05, 3.63) is 32.8 Å². The van der Waals surface area contributed by atoms with Gasteiger partial charge >= 0.3 is 0 Å². The van der Waals surface area contributed by atoms with E-state index in [-0.39, 0.29) is 10.6 Å². The molecule has 0 aromatic heterocycles. The fourth-order valence-corrected chi connectivity index (χ4v) is 2.26. The Morgan fingerprint density at radius 3 is 2.67 bits per heavy atom. The van der Waals surface area contributed by atoms with Gasteiger partial charge in [0.15, 0.2) is 0 Å². The molecule has 5 heteroatoms. The number of nitro benzene ring substituents is 1. The lowest BCUT2D eigenvalue weighted by Crippen LogP contribution is -2.18. The Morgan fingerprint density at radius 1 is 1.44 bits per heavy atom. The van der Waals surface area contributed by atoms with Gasteiger partial charge in [-0.2, -0.15) is 0 Å². The molecule has 1 rings (SSSR count). The van der Waals surface area contributed by atoms with Crippen LogP contribution in [0.25, 0.3) is 0 Å². The Balaban J connectivity index is 2.74. The van der Waals surface area contributed by atoms with E-state index in [1.54, 1.807) is 6.07 Å². The molecule has 0 amide bonds. The largest absolute Gasteiger partial charge is 0.381 e. The van der Waals surface area contributed by atoms with Gasteiger partial charge in [0.25, 0.3) is 5.69 Å². The molecule has 0 aliphatic heterocycles. The summed E-state index contributed by atoms with van der Waals surface area (Å²) < 4.78 is 0.742. The Bertz CT molecular complexity index is 410. The van der Waals surface area contributed by atoms with Crippen LogP contribution in [0.15, 0.2) is 22.7 Å². The molecule has 1 aromatic carbocycles. The number of anilines is 1. The van der Waals surface area contributed by atoms with Crippen LogP contribution in [-0.4, -0.2) is 11.0 Å². The summed E-state index contributed by atoms with van der Waals surface area (Å²) in [7, 11) is 0. The summed E-state index contributed by atoms with van der Waals surface area (Å²) in [5, 5.41) is 14.1. The summed E-state index contributed by atoms with van der Waals surface area (Å²) in [4.78, 5) is 10.3. The minimum absolute atomic E-state index is 0.106. The number of hydrogen-bond acceptors (Lipinski definition) is 3. The molecular formula is C13H19BrN2O2. The molecule has 0 saturated heterocycles. The van der Waals surface area contributed by atoms with E-state index in [1.807, 2.05) is 0 Å². The first kappa shape index (κ1) is 15.0. The molecule has 1 unspecified atom stereocenters. The highest BCUT2D eigenvalue weighted by atomic mass is 79.9. The summed E-state index contributed by atoms with van der Waals surface area (Å²) in [5.74, 6) is 0. The number of rotatable bonds is 7. The second kappa shape index (κ2) is 7.36. The minimum Gasteiger partial charge on any atom is -0.381 e. The molecule has 1 N–H and O–H groups in total. The van der Waals surface area contributed by atoms with Crippen molar-refractivity contribution in [3.63, 3.8) is 0 Å². The molecule has 0 spiro atoms. The third-order valence-electron chi connectivity index (χ3n) is 2.92. The number of hydrogen-bond donors (Lipinski definition) is 1. The average Bonchev–Trinajstić information content (AvgIpc) is 2.35. The predicted octanol–water partition coefficient (Wildman–Crippen LogP) is 4.74. The maximum absolute atomic E-state index is 10.6. The number of benzene rings is 1. The van der Waals surface area contributed by atoms with Gasteiger partial charge in [-0.3, -0.25) is 10.1 Å². The molecule has 18 heavy (non-hydrogen) atoms. The van der Waals surface area contributed by atoms with Crippen LogP contribution < -0.4 is 5.32 Å². The first-order valence-electron chi connectivity index (χ1n) is 6.29. The van der Waals surface area contributed by atoms with Crippen LogP contribution in [0.2, 0.25) is 0 Å². The van der Waals surface area contributed by atoms with Gasteiger partial charge < -0.3 is 5.32 Å². The van der Waals surface area contributed by atoms with E-state index < -0.39 is 0 Å². The van der Waals surface area contributed by atoms with Crippen LogP contribution in [-0.2, 0) is 0 Å². The minimum atomic E-state index is -0.386. The highest BCUT2D eigenvalue weighted by Gasteiger charge is 2.11. The standard InChI is InChI=1S/C13H19BrN2O2/c1-3-5-6-10(4-2)15-13-8-7-11(16(17)18)9-12(13)14/h7-10,15H,3-6H2,1-2H3. The highest BCUT2D eigenvalue weighted by Crippen LogP contribution is 2.28. The second-order valence-electron chi connectivity index (χ2n) is 4.31. The number of halogens is 1. The van der Waals surface area contributed by atoms with Gasteiger partial charge in [-0.25, -0.2) is 0 Å². The van der Waals surface area contributed by atoms with E-state index in [0.29, 0.717) is 6.04 Å². The second-order valence-corrected chi connectivity index (χ2v) is 5.17. The number of nitro groups is 1. The summed E-state index contributed by atoms with van der Waals surface area (Å²) in [6.45, 7) is 4.32. The lowest BCUT2D eigenvalue weighted by Gasteiger charge is -2.18. The van der Waals surface area contributed by atoms with Crippen LogP contribution in [0.1, 0.15) is 39.5 Å². The number of non-ortho nitro benzene ring substituents is 1. The molecule has 1 atom stereocenters. The summed E-state index contributed by atoms with van der Waals surface area (Å²) in [6, 6.07) is 5.24. The molecule has 1 aromatic rings. The zero-order chi connectivity index (χ0) is 13.5. The van der Waals surface area contributed by atoms with Crippen molar-refractivity contribution in [2.45, 2.75) is 45.6 Å². The van der Waals surface area contributed by atoms with E-state index in [2.05, 4.69) is 35.1 Å². The lowest BCUT2D eigenvalue weighted by atomic mass is 10.1. The van der Waals surface area contributed by atoms with E-state index in [1.165, 1.54) is 25.0 Å². The molecule has 4 nitrogen and oxygen atoms in total. The van der Waals surface area contributed by atoms with Crippen molar-refractivity contribution in [1.82, 2.24) is 0 Å². The number of nitrogens with zero attached hydrogens (tertiary/aromatic N) is 1. The Labute approximate surface area is 116 Å². The molecule has 0 aliphatic carbocycles. The molecular weight excluding hydrogens is 296 g/mol. The van der Waals surface area contributed by atoms with Gasteiger partial charge in [0, 0.05) is 28.3 Å². The fourth-order valence-electron chi connectivity index (χ4n) is 1.78. The molecule has 0 aliphatic rings. The van der Waals surface area contributed by atoms with Crippen LogP contribution in [0, 0.1) is 10.1 Å². The topological polar surface area (TPSA) is 55.2 Å². The van der Waals surface area contributed by atoms with Gasteiger partial charge in [0.1, 0.15) is 0 Å². The van der Waals surface area contributed by atoms with Crippen LogP contribution in [0.3, 0.4) is 0 Å². The van der Waals surface area contributed by atoms with Gasteiger partial charge in [-0.05, 0) is 34.8 Å². The van der Waals surface area contributed by atoms with Crippen molar-refractivity contribution >= 4 is 27.3 Å². The first-order valence-corrected chi connectivity index (χ1v) is 7.08. The molecule has 100 valence electrons. The van der Waals surface area contributed by atoms with Gasteiger partial charge in [-0.1, -0.05) is 26.7 Å². The van der Waals surface area contributed by atoms with Gasteiger partial charge in [0.05, 0.1) is 4.92 Å². The van der Waals surface area contributed by atoms with Crippen LogP contribution in [0.4, 0.5) is 11.4 Å². The van der Waals surface area contributed by atoms with E-state index in [4.69, 9.17) is 0 Å². The maximum Gasteiger partial charge on any atom is 0.270 e. The van der Waals surface area contributed by atoms with Gasteiger partial charge in [-0.15, -0.1) is 0 Å². The quantitative estimate of drug-likeness (QED) is 0.584. The molecule has 0 fully saturated rings. The van der Waals surface area contributed by atoms with Crippen LogP contribution >= 0.6 is 15.9 Å². The Morgan fingerprint density at radius 2 is 2.17 bits per heavy atom. The number of unbranched alkanes of at least 4 members (excludes halogenated alkanes) is 1. The maximum atomic E-state index is 10.6. The Hall–Kier alpha value is -1.10. The van der Waals surface area contributed by atoms with Gasteiger partial charge in [0.2, 0.25) is 0 Å². The number of nitrogens with one attached hydrogen (secondary N) is 1. The molecule has 0 heterocycles. The summed E-state index contributed by atoms with van der Waals surface area (Å²) >= 11 is 3.37. The zero-order valence-electron chi connectivity index (χ0n) is 10.8. The van der Waals surface area contributed by atoms with Crippen molar-refractivity contribution in [3.8, 4) is 0 Å². The monoisotopic (exact) mass is 314 g/mol. The highest BCUT2D eigenvalue weighted by molar-refractivity contribution is 9.10. The van der Waals surface area contributed by atoms with Crippen LogP contribution in [0.5, 0.6) is 0 Å². The third kappa shape index (κ3) is 4.29. The fraction of sp³-hybridized carbons (Fsp3) is 0.538. The van der Waals surface area contributed by atoms with Crippen molar-refractivity contribution in [2.24, 2.45) is 0 Å². The summed E-state index contributed by atoms with van der Waals surface area (Å²) in [5.41, 5.74) is 1.03. The van der Waals surface area contributed by atoms with Crippen molar-refractivity contribution < 1.29 is 4.92 Å². The third-order valence-corrected chi connectivity index (χ3v) is 3.58.